The predicted molar refractivity (Wildman–Crippen MR) is 172 cm³/mol. The molecule has 1 amide bonds. The molecular formula is C31H36F3N11O4S. The van der Waals surface area contributed by atoms with Gasteiger partial charge >= 0.3 is 6.18 Å². The van der Waals surface area contributed by atoms with E-state index in [1.54, 1.807) is 16.9 Å². The summed E-state index contributed by atoms with van der Waals surface area (Å²) in [6, 6.07) is 8.91. The quantitative estimate of drug-likeness (QED) is 0.306. The molecule has 2 N–H and O–H groups in total. The second-order valence-corrected chi connectivity index (χ2v) is 15.2. The normalized spacial score (nSPS) is 21.2. The number of rotatable bonds is 5. The number of pyridine rings is 2. The molecule has 1 saturated carbocycles. The van der Waals surface area contributed by atoms with E-state index in [0.29, 0.717) is 24.7 Å². The fourth-order valence-electron chi connectivity index (χ4n) is 6.71. The van der Waals surface area contributed by atoms with Crippen LogP contribution >= 0.6 is 0 Å². The van der Waals surface area contributed by atoms with Gasteiger partial charge in [0.1, 0.15) is 11.6 Å². The SMILES string of the molecule is CC1(C)C[C@@H]2CCCn3nnnc3CNc3cccc(n3)S(=O)(=O)NC(=O)c3ccc(-n4ccc(OCCC5(C(F)(F)F)CC5)n4)nc3N1C2. The van der Waals surface area contributed by atoms with Gasteiger partial charge in [-0.15, -0.1) is 10.2 Å². The van der Waals surface area contributed by atoms with Crippen molar-refractivity contribution >= 4 is 27.6 Å². The highest BCUT2D eigenvalue weighted by molar-refractivity contribution is 7.90. The van der Waals surface area contributed by atoms with Crippen LogP contribution in [0.2, 0.25) is 0 Å². The molecule has 1 saturated heterocycles. The molecule has 4 bridgehead atoms. The number of carbonyl (C=O) groups excluding carboxylic acids is 1. The minimum absolute atomic E-state index is 0.0327. The van der Waals surface area contributed by atoms with Crippen molar-refractivity contribution in [3.05, 3.63) is 54.0 Å². The fourth-order valence-corrected chi connectivity index (χ4v) is 7.64. The van der Waals surface area contributed by atoms with Crippen LogP contribution in [0.25, 0.3) is 5.82 Å². The molecule has 7 rings (SSSR count). The highest BCUT2D eigenvalue weighted by Crippen LogP contribution is 2.59. The maximum absolute atomic E-state index is 13.8. The molecule has 6 heterocycles. The lowest BCUT2D eigenvalue weighted by molar-refractivity contribution is -0.190. The van der Waals surface area contributed by atoms with E-state index >= 15 is 0 Å². The number of hydrogen-bond acceptors (Lipinski definition) is 12. The molecule has 50 heavy (non-hydrogen) atoms. The molecule has 1 aliphatic carbocycles. The number of aromatic nitrogens is 8. The molecular weight excluding hydrogens is 679 g/mol. The monoisotopic (exact) mass is 715 g/mol. The highest BCUT2D eigenvalue weighted by atomic mass is 32.2. The zero-order chi connectivity index (χ0) is 35.3. The van der Waals surface area contributed by atoms with Crippen LogP contribution in [0, 0.1) is 11.3 Å². The molecule has 0 aromatic carbocycles. The Morgan fingerprint density at radius 1 is 1.10 bits per heavy atom. The average Bonchev–Trinajstić information content (AvgIpc) is 3.35. The highest BCUT2D eigenvalue weighted by Gasteiger charge is 2.62. The maximum Gasteiger partial charge on any atom is 0.394 e. The van der Waals surface area contributed by atoms with Crippen molar-refractivity contribution in [2.45, 2.75) is 82.2 Å². The van der Waals surface area contributed by atoms with Crippen LogP contribution in [0.1, 0.15) is 68.6 Å². The number of ether oxygens (including phenoxy) is 1. The molecule has 0 spiro atoms. The number of nitrogens with zero attached hydrogens (tertiary/aromatic N) is 9. The van der Waals surface area contributed by atoms with Crippen LogP contribution in [0.5, 0.6) is 5.88 Å². The van der Waals surface area contributed by atoms with Crippen LogP contribution in [0.3, 0.4) is 0 Å². The van der Waals surface area contributed by atoms with Gasteiger partial charge in [0.25, 0.3) is 15.9 Å². The summed E-state index contributed by atoms with van der Waals surface area (Å²) in [6.45, 7) is 5.26. The number of sulfonamides is 1. The van der Waals surface area contributed by atoms with Crippen LogP contribution in [-0.4, -0.2) is 79.1 Å². The van der Waals surface area contributed by atoms with E-state index in [4.69, 9.17) is 9.72 Å². The number of alkyl halides is 3. The number of amides is 1. The lowest BCUT2D eigenvalue weighted by atomic mass is 9.93. The first-order valence-electron chi connectivity index (χ1n) is 16.3. The lowest BCUT2D eigenvalue weighted by Crippen LogP contribution is -2.41. The fraction of sp³-hybridized carbons (Fsp3) is 0.516. The van der Waals surface area contributed by atoms with Gasteiger partial charge in [-0.2, -0.15) is 21.6 Å². The van der Waals surface area contributed by atoms with Gasteiger partial charge in [0.15, 0.2) is 16.7 Å². The van der Waals surface area contributed by atoms with E-state index in [1.807, 2.05) is 18.7 Å². The third-order valence-corrected chi connectivity index (χ3v) is 10.9. The Bertz CT molecular complexity index is 2010. The molecule has 0 unspecified atom stereocenters. The zero-order valence-electron chi connectivity index (χ0n) is 27.4. The Morgan fingerprint density at radius 3 is 2.70 bits per heavy atom. The van der Waals surface area contributed by atoms with Crippen molar-refractivity contribution in [3.8, 4) is 11.7 Å². The van der Waals surface area contributed by atoms with Gasteiger partial charge < -0.3 is 15.0 Å². The number of nitrogens with one attached hydrogen (secondary N) is 2. The molecule has 19 heteroatoms. The Kier molecular flexibility index (Phi) is 8.42. The van der Waals surface area contributed by atoms with E-state index < -0.39 is 33.1 Å². The second kappa shape index (κ2) is 12.5. The first kappa shape index (κ1) is 33.7. The van der Waals surface area contributed by atoms with Crippen LogP contribution in [0.15, 0.2) is 47.6 Å². The van der Waals surface area contributed by atoms with E-state index in [2.05, 4.69) is 35.6 Å². The Hall–Kier alpha value is -4.81. The Morgan fingerprint density at radius 2 is 1.92 bits per heavy atom. The third-order valence-electron chi connectivity index (χ3n) is 9.65. The summed E-state index contributed by atoms with van der Waals surface area (Å²) in [6.07, 6.45) is -0.276. The summed E-state index contributed by atoms with van der Waals surface area (Å²) in [4.78, 5) is 24.8. The average molecular weight is 716 g/mol. The molecule has 4 aromatic heterocycles. The summed E-state index contributed by atoms with van der Waals surface area (Å²) < 4.78 is 77.8. The minimum atomic E-state index is -4.41. The van der Waals surface area contributed by atoms with Gasteiger partial charge in [-0.1, -0.05) is 6.07 Å². The number of carbonyl (C=O) groups is 1. The van der Waals surface area contributed by atoms with E-state index in [9.17, 15) is 26.4 Å². The van der Waals surface area contributed by atoms with Crippen molar-refractivity contribution in [2.24, 2.45) is 11.3 Å². The molecule has 1 atom stereocenters. The number of fused-ring (bicyclic) bond motifs is 7. The molecule has 15 nitrogen and oxygen atoms in total. The van der Waals surface area contributed by atoms with Crippen LogP contribution < -0.4 is 19.7 Å². The topological polar surface area (TPSA) is 175 Å². The first-order chi connectivity index (χ1) is 23.7. The number of aryl methyl sites for hydroxylation is 1. The smallest absolute Gasteiger partial charge is 0.394 e. The summed E-state index contributed by atoms with van der Waals surface area (Å²) in [5, 5.41) is 19.1. The summed E-state index contributed by atoms with van der Waals surface area (Å²) in [5.41, 5.74) is -2.12. The molecule has 4 aromatic rings. The number of tetrazole rings is 1. The van der Waals surface area contributed by atoms with Crippen molar-refractivity contribution in [1.82, 2.24) is 44.7 Å². The van der Waals surface area contributed by atoms with Gasteiger partial charge in [0.05, 0.1) is 24.1 Å². The minimum Gasteiger partial charge on any atom is -0.477 e. The zero-order valence-corrected chi connectivity index (χ0v) is 28.2. The van der Waals surface area contributed by atoms with Crippen molar-refractivity contribution in [1.29, 1.82) is 0 Å². The van der Waals surface area contributed by atoms with E-state index in [0.717, 1.165) is 19.3 Å². The van der Waals surface area contributed by atoms with Gasteiger partial charge in [0.2, 0.25) is 5.88 Å². The summed E-state index contributed by atoms with van der Waals surface area (Å²) in [5.74, 6) is 0.834. The maximum atomic E-state index is 13.8. The van der Waals surface area contributed by atoms with Gasteiger partial charge in [-0.25, -0.2) is 24.1 Å². The largest absolute Gasteiger partial charge is 0.477 e. The molecule has 266 valence electrons. The lowest BCUT2D eigenvalue weighted by Gasteiger charge is -2.34. The Labute approximate surface area is 285 Å². The van der Waals surface area contributed by atoms with Crippen LogP contribution in [0.4, 0.5) is 24.8 Å². The molecule has 2 aliphatic heterocycles. The number of anilines is 2. The first-order valence-corrected chi connectivity index (χ1v) is 17.8. The third kappa shape index (κ3) is 6.69. The molecule has 0 radical (unpaired) electrons. The summed E-state index contributed by atoms with van der Waals surface area (Å²) >= 11 is 0. The molecule has 2 fully saturated rings. The van der Waals surface area contributed by atoms with Gasteiger partial charge in [0, 0.05) is 30.9 Å². The van der Waals surface area contributed by atoms with Crippen LogP contribution in [-0.2, 0) is 23.1 Å². The molecule has 3 aliphatic rings. The van der Waals surface area contributed by atoms with E-state index in [-0.39, 0.29) is 66.4 Å². The standard InChI is InChI=1S/C31H36F3N11O4S/c1-29(2)17-20-5-4-14-45-24(38-41-42-45)18-35-22-6-3-7-26(36-22)50(47,48)40-28(46)21-8-9-23(37-27(21)43(29)19-20)44-15-10-25(39-44)49-16-13-30(11-12-30)31(32,33)34/h3,6-10,15,20H,4-5,11-14,16-19H2,1-2H3,(H,35,36)(H,40,46)/t20-/m0/s1. The Balaban J connectivity index is 1.20. The van der Waals surface area contributed by atoms with Crippen molar-refractivity contribution in [3.63, 3.8) is 0 Å². The van der Waals surface area contributed by atoms with Gasteiger partial charge in [-0.05, 0) is 93.0 Å². The van der Waals surface area contributed by atoms with Crippen molar-refractivity contribution in [2.75, 3.05) is 23.4 Å². The second-order valence-electron chi connectivity index (χ2n) is 13.6. The summed E-state index contributed by atoms with van der Waals surface area (Å²) in [7, 11) is -4.41. The number of halogens is 3. The predicted octanol–water partition coefficient (Wildman–Crippen LogP) is 3.89. The van der Waals surface area contributed by atoms with Gasteiger partial charge in [-0.3, -0.25) is 4.79 Å². The number of hydrogen-bond donors (Lipinski definition) is 2. The van der Waals surface area contributed by atoms with E-state index in [1.165, 1.54) is 35.0 Å². The van der Waals surface area contributed by atoms with Crippen molar-refractivity contribution < 1.29 is 31.1 Å².